The normalized spacial score (nSPS) is 10.0. The lowest BCUT2D eigenvalue weighted by Crippen LogP contribution is -2.30. The van der Waals surface area contributed by atoms with Crippen molar-refractivity contribution in [3.8, 4) is 0 Å². The molecule has 60 valence electrons. The van der Waals surface area contributed by atoms with E-state index in [1.165, 1.54) is 6.07 Å². The first-order valence-corrected chi connectivity index (χ1v) is 3.07. The minimum Gasteiger partial charge on any atom is -0.376 e. The Kier molecular flexibility index (Phi) is 1.91. The first-order valence-electron chi connectivity index (χ1n) is 3.07. The van der Waals surface area contributed by atoms with E-state index in [0.29, 0.717) is 5.69 Å². The molecule has 0 atom stereocenters. The van der Waals surface area contributed by atoms with Crippen LogP contribution in [0, 0.1) is 6.92 Å². The van der Waals surface area contributed by atoms with E-state index in [0.717, 1.165) is 4.57 Å². The Morgan fingerprint density at radius 2 is 2.27 bits per heavy atom. The zero-order chi connectivity index (χ0) is 8.43. The Labute approximate surface area is 61.9 Å². The number of hydrogen-bond acceptors (Lipinski definition) is 3. The van der Waals surface area contributed by atoms with Gasteiger partial charge in [0.2, 0.25) is 0 Å². The number of nitrogens with one attached hydrogen (secondary N) is 1. The summed E-state index contributed by atoms with van der Waals surface area (Å²) in [4.78, 5) is 23.5. The van der Waals surface area contributed by atoms with Crippen LogP contribution < -0.4 is 11.2 Å². The average molecular weight is 156 g/mol. The zero-order valence-corrected chi connectivity index (χ0v) is 6.00. The number of hydrogen-bond donors (Lipinski definition) is 2. The van der Waals surface area contributed by atoms with Gasteiger partial charge in [-0.15, -0.1) is 0 Å². The van der Waals surface area contributed by atoms with Crippen LogP contribution in [0.2, 0.25) is 0 Å². The van der Waals surface area contributed by atoms with E-state index in [-0.39, 0.29) is 0 Å². The number of aromatic nitrogens is 2. The largest absolute Gasteiger partial charge is 0.376 e. The SMILES string of the molecule is Cc1cc(=O)[nH]c(=O)n1CO. The summed E-state index contributed by atoms with van der Waals surface area (Å²) in [5.74, 6) is 0. The number of nitrogens with zero attached hydrogens (tertiary/aromatic N) is 1. The molecule has 5 heteroatoms. The van der Waals surface area contributed by atoms with E-state index in [1.54, 1.807) is 6.92 Å². The van der Waals surface area contributed by atoms with E-state index in [2.05, 4.69) is 0 Å². The van der Waals surface area contributed by atoms with E-state index in [1.807, 2.05) is 4.98 Å². The molecule has 0 fully saturated rings. The van der Waals surface area contributed by atoms with Crippen molar-refractivity contribution in [1.29, 1.82) is 0 Å². The van der Waals surface area contributed by atoms with Crippen molar-refractivity contribution in [1.82, 2.24) is 9.55 Å². The summed E-state index contributed by atoms with van der Waals surface area (Å²) < 4.78 is 1.06. The molecule has 1 heterocycles. The van der Waals surface area contributed by atoms with E-state index >= 15 is 0 Å². The van der Waals surface area contributed by atoms with Gasteiger partial charge in [0.1, 0.15) is 6.73 Å². The highest BCUT2D eigenvalue weighted by Crippen LogP contribution is 1.84. The molecule has 0 bridgehead atoms. The summed E-state index contributed by atoms with van der Waals surface area (Å²) in [5.41, 5.74) is -0.587. The fraction of sp³-hybridized carbons (Fsp3) is 0.333. The second-order valence-corrected chi connectivity index (χ2v) is 2.15. The van der Waals surface area contributed by atoms with Crippen LogP contribution in [0.25, 0.3) is 0 Å². The number of aryl methyl sites for hydroxylation is 1. The first-order chi connectivity index (χ1) is 5.15. The van der Waals surface area contributed by atoms with Crippen molar-refractivity contribution < 1.29 is 5.11 Å². The molecule has 2 N–H and O–H groups in total. The molecular weight excluding hydrogens is 148 g/mol. The highest BCUT2D eigenvalue weighted by molar-refractivity contribution is 4.97. The van der Waals surface area contributed by atoms with Gasteiger partial charge < -0.3 is 5.11 Å². The summed E-state index contributed by atoms with van der Waals surface area (Å²) in [6.45, 7) is 1.16. The third-order valence-corrected chi connectivity index (χ3v) is 1.38. The van der Waals surface area contributed by atoms with Gasteiger partial charge in [-0.25, -0.2) is 4.79 Å². The Morgan fingerprint density at radius 1 is 1.64 bits per heavy atom. The quantitative estimate of drug-likeness (QED) is 0.536. The minimum atomic E-state index is -0.586. The summed E-state index contributed by atoms with van der Waals surface area (Å²) in [6.07, 6.45) is 0. The number of H-pyrrole nitrogens is 1. The van der Waals surface area contributed by atoms with Crippen LogP contribution in [0.5, 0.6) is 0 Å². The second kappa shape index (κ2) is 2.71. The van der Waals surface area contributed by atoms with Gasteiger partial charge in [0.15, 0.2) is 0 Å². The average Bonchev–Trinajstić information content (AvgIpc) is 1.85. The predicted molar refractivity (Wildman–Crippen MR) is 38.3 cm³/mol. The number of aliphatic hydroxyl groups is 1. The first kappa shape index (κ1) is 7.74. The lowest BCUT2D eigenvalue weighted by molar-refractivity contribution is 0.201. The summed E-state index contributed by atoms with van der Waals surface area (Å²) in [6, 6.07) is 1.25. The van der Waals surface area contributed by atoms with Gasteiger partial charge in [-0.3, -0.25) is 14.3 Å². The van der Waals surface area contributed by atoms with Gasteiger partial charge in [-0.1, -0.05) is 0 Å². The van der Waals surface area contributed by atoms with Crippen LogP contribution in [-0.2, 0) is 6.73 Å². The number of aliphatic hydroxyl groups excluding tert-OH is 1. The fourth-order valence-electron chi connectivity index (χ4n) is 0.813. The molecule has 0 aliphatic rings. The van der Waals surface area contributed by atoms with Gasteiger partial charge in [0.25, 0.3) is 5.56 Å². The van der Waals surface area contributed by atoms with Crippen molar-refractivity contribution in [3.05, 3.63) is 32.6 Å². The molecule has 0 amide bonds. The summed E-state index contributed by atoms with van der Waals surface area (Å²) >= 11 is 0. The van der Waals surface area contributed by atoms with Crippen molar-refractivity contribution in [3.63, 3.8) is 0 Å². The van der Waals surface area contributed by atoms with Crippen molar-refractivity contribution in [2.24, 2.45) is 0 Å². The summed E-state index contributed by atoms with van der Waals surface area (Å²) in [7, 11) is 0. The topological polar surface area (TPSA) is 75.1 Å². The molecule has 0 aliphatic carbocycles. The van der Waals surface area contributed by atoms with Crippen LogP contribution >= 0.6 is 0 Å². The molecule has 0 saturated carbocycles. The van der Waals surface area contributed by atoms with Crippen LogP contribution in [-0.4, -0.2) is 14.7 Å². The highest BCUT2D eigenvalue weighted by atomic mass is 16.3. The smallest absolute Gasteiger partial charge is 0.330 e. The van der Waals surface area contributed by atoms with Crippen LogP contribution in [0.1, 0.15) is 5.69 Å². The van der Waals surface area contributed by atoms with Crippen molar-refractivity contribution in [2.75, 3.05) is 0 Å². The Morgan fingerprint density at radius 3 is 2.73 bits per heavy atom. The maximum absolute atomic E-state index is 10.8. The Balaban J connectivity index is 3.49. The molecule has 0 radical (unpaired) electrons. The third-order valence-electron chi connectivity index (χ3n) is 1.38. The number of rotatable bonds is 1. The second-order valence-electron chi connectivity index (χ2n) is 2.15. The standard InChI is InChI=1S/C6H8N2O3/c1-4-2-5(10)7-6(11)8(4)3-9/h2,9H,3H2,1H3,(H,7,10,11). The lowest BCUT2D eigenvalue weighted by atomic mass is 10.4. The van der Waals surface area contributed by atoms with Gasteiger partial charge >= 0.3 is 5.69 Å². The Hall–Kier alpha value is -1.36. The summed E-state index contributed by atoms with van der Waals surface area (Å²) in [5, 5.41) is 8.63. The molecule has 1 aromatic heterocycles. The van der Waals surface area contributed by atoms with E-state index in [4.69, 9.17) is 5.11 Å². The lowest BCUT2D eigenvalue weighted by Gasteiger charge is -2.02. The molecule has 0 aliphatic heterocycles. The maximum Gasteiger partial charge on any atom is 0.330 e. The highest BCUT2D eigenvalue weighted by Gasteiger charge is 1.98. The molecule has 0 unspecified atom stereocenters. The van der Waals surface area contributed by atoms with Gasteiger partial charge in [0, 0.05) is 11.8 Å². The molecule has 0 saturated heterocycles. The molecule has 0 aromatic carbocycles. The van der Waals surface area contributed by atoms with Gasteiger partial charge in [-0.2, -0.15) is 0 Å². The van der Waals surface area contributed by atoms with Gasteiger partial charge in [0.05, 0.1) is 0 Å². The van der Waals surface area contributed by atoms with Gasteiger partial charge in [-0.05, 0) is 6.92 Å². The van der Waals surface area contributed by atoms with Crippen LogP contribution in [0.4, 0.5) is 0 Å². The molecule has 1 rings (SSSR count). The van der Waals surface area contributed by atoms with Crippen molar-refractivity contribution >= 4 is 0 Å². The molecule has 5 nitrogen and oxygen atoms in total. The van der Waals surface area contributed by atoms with Crippen LogP contribution in [0.15, 0.2) is 15.7 Å². The monoisotopic (exact) mass is 156 g/mol. The maximum atomic E-state index is 10.8. The zero-order valence-electron chi connectivity index (χ0n) is 6.00. The third kappa shape index (κ3) is 1.38. The Bertz CT molecular complexity index is 363. The van der Waals surface area contributed by atoms with E-state index in [9.17, 15) is 9.59 Å². The molecule has 11 heavy (non-hydrogen) atoms. The minimum absolute atomic E-state index is 0.415. The number of aromatic amines is 1. The van der Waals surface area contributed by atoms with Crippen molar-refractivity contribution in [2.45, 2.75) is 13.7 Å². The molecular formula is C6H8N2O3. The molecule has 0 spiro atoms. The molecule has 1 aromatic rings. The van der Waals surface area contributed by atoms with E-state index < -0.39 is 18.0 Å². The predicted octanol–water partition coefficient (Wildman–Crippen LogP) is -1.21. The fourth-order valence-corrected chi connectivity index (χ4v) is 0.813. The van der Waals surface area contributed by atoms with Crippen LogP contribution in [0.3, 0.4) is 0 Å².